The summed E-state index contributed by atoms with van der Waals surface area (Å²) in [4.78, 5) is 0. The molecule has 0 atom stereocenters. The molecule has 6 nitrogen and oxygen atoms in total. The molecule has 0 spiro atoms. The van der Waals surface area contributed by atoms with Gasteiger partial charge in [-0.3, -0.25) is 0 Å². The summed E-state index contributed by atoms with van der Waals surface area (Å²) in [5.74, 6) is 0.657. The molecule has 7 heteroatoms. The zero-order valence-corrected chi connectivity index (χ0v) is 14.2. The molecular formula is C18H18N3O3P. The van der Waals surface area contributed by atoms with Gasteiger partial charge in [0.05, 0.1) is 5.30 Å². The van der Waals surface area contributed by atoms with Crippen LogP contribution in [0, 0.1) is 0 Å². The number of nitrogen functional groups attached to an aromatic ring is 3. The Balaban J connectivity index is 2.02. The molecule has 0 saturated heterocycles. The Kier molecular flexibility index (Phi) is 4.55. The molecule has 0 bridgehead atoms. The molecule has 0 aliphatic rings. The standard InChI is InChI=1S/C18H18N3O3P/c19-13-4-1-7-16(10-13)23-25(22,18-9-3-6-15(21)12-18)24-17-8-2-5-14(20)11-17/h1-12H,19-21H2. The highest BCUT2D eigenvalue weighted by atomic mass is 31.2. The van der Waals surface area contributed by atoms with Crippen molar-refractivity contribution in [1.82, 2.24) is 0 Å². The Morgan fingerprint density at radius 3 is 1.52 bits per heavy atom. The molecule has 0 radical (unpaired) electrons. The lowest BCUT2D eigenvalue weighted by Gasteiger charge is -2.21. The third-order valence-corrected chi connectivity index (χ3v) is 5.17. The van der Waals surface area contributed by atoms with Gasteiger partial charge in [0, 0.05) is 29.2 Å². The van der Waals surface area contributed by atoms with Crippen molar-refractivity contribution in [3.8, 4) is 11.5 Å². The summed E-state index contributed by atoms with van der Waals surface area (Å²) in [6.07, 6.45) is 0. The second-order valence-corrected chi connectivity index (χ2v) is 7.30. The Bertz CT molecular complexity index is 895. The van der Waals surface area contributed by atoms with Crippen molar-refractivity contribution < 1.29 is 13.6 Å². The van der Waals surface area contributed by atoms with Crippen LogP contribution < -0.4 is 31.6 Å². The molecule has 3 aromatic rings. The first-order valence-electron chi connectivity index (χ1n) is 7.51. The van der Waals surface area contributed by atoms with Crippen LogP contribution in [0.3, 0.4) is 0 Å². The van der Waals surface area contributed by atoms with Crippen molar-refractivity contribution in [2.75, 3.05) is 17.2 Å². The average Bonchev–Trinajstić information content (AvgIpc) is 2.55. The molecule has 0 aliphatic carbocycles. The van der Waals surface area contributed by atoms with E-state index in [-0.39, 0.29) is 0 Å². The molecule has 25 heavy (non-hydrogen) atoms. The Hall–Kier alpha value is -3.11. The number of benzene rings is 3. The van der Waals surface area contributed by atoms with Crippen LogP contribution in [0.2, 0.25) is 0 Å². The summed E-state index contributed by atoms with van der Waals surface area (Å²) < 4.78 is 25.0. The maximum atomic E-state index is 13.5. The number of hydrogen-bond donors (Lipinski definition) is 3. The molecule has 0 unspecified atom stereocenters. The van der Waals surface area contributed by atoms with Crippen molar-refractivity contribution in [2.45, 2.75) is 0 Å². The average molecular weight is 355 g/mol. The quantitative estimate of drug-likeness (QED) is 0.477. The number of nitrogens with two attached hydrogens (primary N) is 3. The molecule has 0 saturated carbocycles. The third-order valence-electron chi connectivity index (χ3n) is 3.35. The van der Waals surface area contributed by atoms with Gasteiger partial charge in [0.15, 0.2) is 0 Å². The molecule has 3 aromatic carbocycles. The summed E-state index contributed by atoms with van der Waals surface area (Å²) in [6, 6.07) is 19.8. The van der Waals surface area contributed by atoms with Crippen LogP contribution in [0.15, 0.2) is 72.8 Å². The molecule has 6 N–H and O–H groups in total. The monoisotopic (exact) mass is 355 g/mol. The lowest BCUT2D eigenvalue weighted by atomic mass is 10.3. The molecule has 0 fully saturated rings. The van der Waals surface area contributed by atoms with Crippen LogP contribution in [0.5, 0.6) is 11.5 Å². The van der Waals surface area contributed by atoms with Crippen molar-refractivity contribution >= 4 is 30.0 Å². The second kappa shape index (κ2) is 6.79. The lowest BCUT2D eigenvalue weighted by molar-refractivity contribution is 0.399. The summed E-state index contributed by atoms with van der Waals surface area (Å²) in [5.41, 5.74) is 18.8. The Morgan fingerprint density at radius 1 is 0.640 bits per heavy atom. The second-order valence-electron chi connectivity index (χ2n) is 5.42. The van der Waals surface area contributed by atoms with E-state index in [4.69, 9.17) is 26.2 Å². The number of anilines is 3. The van der Waals surface area contributed by atoms with Crippen LogP contribution in [0.4, 0.5) is 17.1 Å². The van der Waals surface area contributed by atoms with Gasteiger partial charge in [-0.2, -0.15) is 0 Å². The SMILES string of the molecule is Nc1cccc(OP(=O)(Oc2cccc(N)c2)c2cccc(N)c2)c1. The van der Waals surface area contributed by atoms with Gasteiger partial charge in [-0.25, -0.2) is 4.57 Å². The summed E-state index contributed by atoms with van der Waals surface area (Å²) >= 11 is 0. The Labute approximate surface area is 145 Å². The van der Waals surface area contributed by atoms with Crippen LogP contribution >= 0.6 is 7.60 Å². The van der Waals surface area contributed by atoms with Gasteiger partial charge in [0.25, 0.3) is 0 Å². The van der Waals surface area contributed by atoms with Crippen LogP contribution in [0.25, 0.3) is 0 Å². The van der Waals surface area contributed by atoms with Crippen molar-refractivity contribution in [3.05, 3.63) is 72.8 Å². The molecule has 3 rings (SSSR count). The number of rotatable bonds is 5. The van der Waals surface area contributed by atoms with Crippen molar-refractivity contribution in [3.63, 3.8) is 0 Å². The normalized spacial score (nSPS) is 11.0. The highest BCUT2D eigenvalue weighted by Gasteiger charge is 2.31. The topological polar surface area (TPSA) is 114 Å². The van der Waals surface area contributed by atoms with Gasteiger partial charge in [-0.05, 0) is 42.5 Å². The Morgan fingerprint density at radius 2 is 1.08 bits per heavy atom. The number of hydrogen-bond acceptors (Lipinski definition) is 6. The van der Waals surface area contributed by atoms with Gasteiger partial charge in [-0.15, -0.1) is 0 Å². The van der Waals surface area contributed by atoms with E-state index < -0.39 is 7.60 Å². The molecule has 0 aliphatic heterocycles. The van der Waals surface area contributed by atoms with E-state index >= 15 is 0 Å². The van der Waals surface area contributed by atoms with E-state index in [1.807, 2.05) is 0 Å². The minimum Gasteiger partial charge on any atom is -0.413 e. The maximum Gasteiger partial charge on any atom is 0.462 e. The fourth-order valence-electron chi connectivity index (χ4n) is 2.24. The molecule has 0 amide bonds. The minimum absolute atomic E-state index is 0.328. The molecule has 128 valence electrons. The summed E-state index contributed by atoms with van der Waals surface area (Å²) in [6.45, 7) is 0. The fourth-order valence-corrected chi connectivity index (χ4v) is 3.85. The van der Waals surface area contributed by atoms with Gasteiger partial charge in [-0.1, -0.05) is 18.2 Å². The lowest BCUT2D eigenvalue weighted by Crippen LogP contribution is -2.15. The van der Waals surface area contributed by atoms with E-state index in [0.29, 0.717) is 33.9 Å². The van der Waals surface area contributed by atoms with Crippen molar-refractivity contribution in [1.29, 1.82) is 0 Å². The first kappa shape index (κ1) is 16.7. The third kappa shape index (κ3) is 4.05. The van der Waals surface area contributed by atoms with Crippen LogP contribution in [-0.4, -0.2) is 0 Å². The fraction of sp³-hybridized carbons (Fsp3) is 0. The van der Waals surface area contributed by atoms with Gasteiger partial charge >= 0.3 is 7.60 Å². The first-order chi connectivity index (χ1) is 11.9. The van der Waals surface area contributed by atoms with E-state index in [9.17, 15) is 4.57 Å². The van der Waals surface area contributed by atoms with Crippen LogP contribution in [-0.2, 0) is 4.57 Å². The highest BCUT2D eigenvalue weighted by Crippen LogP contribution is 2.48. The van der Waals surface area contributed by atoms with Gasteiger partial charge < -0.3 is 26.2 Å². The predicted octanol–water partition coefficient (Wildman–Crippen LogP) is 3.41. The van der Waals surface area contributed by atoms with E-state index in [2.05, 4.69) is 0 Å². The van der Waals surface area contributed by atoms with Gasteiger partial charge in [0.1, 0.15) is 11.5 Å². The minimum atomic E-state index is -3.77. The zero-order valence-electron chi connectivity index (χ0n) is 13.3. The van der Waals surface area contributed by atoms with Crippen molar-refractivity contribution in [2.24, 2.45) is 0 Å². The highest BCUT2D eigenvalue weighted by molar-refractivity contribution is 7.63. The van der Waals surface area contributed by atoms with E-state index in [0.717, 1.165) is 0 Å². The maximum absolute atomic E-state index is 13.5. The van der Waals surface area contributed by atoms with Crippen LogP contribution in [0.1, 0.15) is 0 Å². The molecule has 0 heterocycles. The van der Waals surface area contributed by atoms with Gasteiger partial charge in [0.2, 0.25) is 0 Å². The zero-order chi connectivity index (χ0) is 17.9. The summed E-state index contributed by atoms with van der Waals surface area (Å²) in [7, 11) is -3.77. The summed E-state index contributed by atoms with van der Waals surface area (Å²) in [5, 5.41) is 0.331. The van der Waals surface area contributed by atoms with E-state index in [1.54, 1.807) is 72.8 Å². The molecular weight excluding hydrogens is 337 g/mol. The largest absolute Gasteiger partial charge is 0.462 e. The first-order valence-corrected chi connectivity index (χ1v) is 9.05. The smallest absolute Gasteiger partial charge is 0.413 e. The predicted molar refractivity (Wildman–Crippen MR) is 101 cm³/mol. The van der Waals surface area contributed by atoms with E-state index in [1.165, 1.54) is 0 Å². The molecule has 0 aromatic heterocycles.